The number of nitrogens with zero attached hydrogens (tertiary/aromatic N) is 1. The summed E-state index contributed by atoms with van der Waals surface area (Å²) in [7, 11) is 0. The number of aliphatic carboxylic acids is 1. The minimum Gasteiger partial charge on any atom is -0.481 e. The van der Waals surface area contributed by atoms with Crippen LogP contribution in [-0.2, 0) is 14.3 Å². The Morgan fingerprint density at radius 1 is 1.35 bits per heavy atom. The molecule has 1 aliphatic rings. The fourth-order valence-electron chi connectivity index (χ4n) is 2.23. The van der Waals surface area contributed by atoms with Crippen molar-refractivity contribution in [2.45, 2.75) is 45.1 Å². The number of hydrogen-bond donors (Lipinski definition) is 2. The van der Waals surface area contributed by atoms with Crippen LogP contribution in [0.5, 0.6) is 0 Å². The molecule has 6 nitrogen and oxygen atoms in total. The molecule has 3 N–H and O–H groups in total. The van der Waals surface area contributed by atoms with Crippen LogP contribution in [0.1, 0.15) is 39.0 Å². The average molecular weight is 286 g/mol. The van der Waals surface area contributed by atoms with Gasteiger partial charge in [-0.05, 0) is 31.7 Å². The van der Waals surface area contributed by atoms with Crippen LogP contribution < -0.4 is 5.73 Å². The molecular formula is C14H26N2O4. The van der Waals surface area contributed by atoms with E-state index in [9.17, 15) is 9.59 Å². The smallest absolute Gasteiger partial charge is 0.305 e. The molecule has 1 aliphatic heterocycles. The van der Waals surface area contributed by atoms with Gasteiger partial charge in [-0.25, -0.2) is 0 Å². The van der Waals surface area contributed by atoms with Gasteiger partial charge >= 0.3 is 5.97 Å². The van der Waals surface area contributed by atoms with Gasteiger partial charge in [-0.2, -0.15) is 0 Å². The Hall–Kier alpha value is -1.14. The van der Waals surface area contributed by atoms with E-state index >= 15 is 0 Å². The lowest BCUT2D eigenvalue weighted by molar-refractivity contribution is -0.139. The number of nitrogens with two attached hydrogens (primary N) is 1. The maximum Gasteiger partial charge on any atom is 0.305 e. The third-order valence-electron chi connectivity index (χ3n) is 3.72. The van der Waals surface area contributed by atoms with Crippen molar-refractivity contribution in [3.8, 4) is 0 Å². The predicted octanol–water partition coefficient (Wildman–Crippen LogP) is 0.844. The largest absolute Gasteiger partial charge is 0.481 e. The molecule has 0 aromatic heterocycles. The summed E-state index contributed by atoms with van der Waals surface area (Å²) in [5, 5.41) is 8.54. The molecule has 1 rings (SSSR count). The number of carboxylic acid groups (broad SMARTS) is 1. The Morgan fingerprint density at radius 2 is 2.00 bits per heavy atom. The van der Waals surface area contributed by atoms with Gasteiger partial charge in [0, 0.05) is 19.5 Å². The lowest BCUT2D eigenvalue weighted by atomic mass is 10.0. The number of carboxylic acids is 1. The second-order valence-corrected chi connectivity index (χ2v) is 5.47. The molecule has 1 heterocycles. The number of amides is 1. The molecule has 1 fully saturated rings. The molecule has 6 heteroatoms. The van der Waals surface area contributed by atoms with Gasteiger partial charge in [0.15, 0.2) is 0 Å². The zero-order valence-corrected chi connectivity index (χ0v) is 12.2. The molecule has 0 aromatic rings. The van der Waals surface area contributed by atoms with E-state index < -0.39 is 5.97 Å². The van der Waals surface area contributed by atoms with Gasteiger partial charge in [-0.15, -0.1) is 0 Å². The number of ether oxygens (including phenoxy) is 1. The van der Waals surface area contributed by atoms with E-state index in [0.717, 1.165) is 19.3 Å². The lowest BCUT2D eigenvalue weighted by Gasteiger charge is -2.32. The molecule has 20 heavy (non-hydrogen) atoms. The van der Waals surface area contributed by atoms with E-state index in [1.165, 1.54) is 0 Å². The molecule has 1 saturated heterocycles. The first kappa shape index (κ1) is 16.9. The van der Waals surface area contributed by atoms with Crippen LogP contribution in [0.4, 0.5) is 0 Å². The summed E-state index contributed by atoms with van der Waals surface area (Å²) < 4.78 is 5.50. The highest BCUT2D eigenvalue weighted by Gasteiger charge is 2.23. The van der Waals surface area contributed by atoms with Gasteiger partial charge in [-0.1, -0.05) is 6.92 Å². The third kappa shape index (κ3) is 6.34. The first-order valence-electron chi connectivity index (χ1n) is 7.34. The first-order valence-corrected chi connectivity index (χ1v) is 7.34. The van der Waals surface area contributed by atoms with Crippen LogP contribution in [0.2, 0.25) is 0 Å². The summed E-state index contributed by atoms with van der Waals surface area (Å²) in [5.41, 5.74) is 5.54. The highest BCUT2D eigenvalue weighted by Crippen LogP contribution is 2.16. The van der Waals surface area contributed by atoms with Crippen molar-refractivity contribution < 1.29 is 19.4 Å². The van der Waals surface area contributed by atoms with E-state index in [-0.39, 0.29) is 25.0 Å². The number of carbonyl (C=O) groups is 2. The van der Waals surface area contributed by atoms with Crippen molar-refractivity contribution in [1.29, 1.82) is 0 Å². The minimum atomic E-state index is -0.841. The van der Waals surface area contributed by atoms with Crippen LogP contribution in [0.3, 0.4) is 0 Å². The number of piperidine rings is 1. The number of hydrogen-bond acceptors (Lipinski definition) is 4. The lowest BCUT2D eigenvalue weighted by Crippen LogP contribution is -2.41. The molecule has 0 aromatic carbocycles. The molecule has 0 aliphatic carbocycles. The fourth-order valence-corrected chi connectivity index (χ4v) is 2.23. The van der Waals surface area contributed by atoms with Crippen LogP contribution in [-0.4, -0.2) is 54.2 Å². The number of carbonyl (C=O) groups excluding carboxylic acids is 1. The minimum absolute atomic E-state index is 0.0378. The van der Waals surface area contributed by atoms with Crippen molar-refractivity contribution in [2.75, 3.05) is 26.2 Å². The topological polar surface area (TPSA) is 92.9 Å². The van der Waals surface area contributed by atoms with Crippen molar-refractivity contribution in [3.05, 3.63) is 0 Å². The Balaban J connectivity index is 2.17. The summed E-state index contributed by atoms with van der Waals surface area (Å²) in [5.74, 6) is -0.267. The summed E-state index contributed by atoms with van der Waals surface area (Å²) >= 11 is 0. The predicted molar refractivity (Wildman–Crippen MR) is 75.3 cm³/mol. The second kappa shape index (κ2) is 8.92. The third-order valence-corrected chi connectivity index (χ3v) is 3.72. The first-order chi connectivity index (χ1) is 9.52. The Bertz CT molecular complexity index is 314. The standard InChI is InChI=1S/C14H26N2O4/c1-11(10-15)2-3-13(17)16-7-4-12(5-8-16)20-9-6-14(18)19/h11-12H,2-10,15H2,1H3,(H,18,19). The molecule has 0 spiro atoms. The Kier molecular flexibility index (Phi) is 7.54. The van der Waals surface area contributed by atoms with Crippen LogP contribution in [0.15, 0.2) is 0 Å². The van der Waals surface area contributed by atoms with Crippen LogP contribution >= 0.6 is 0 Å². The van der Waals surface area contributed by atoms with E-state index in [1.807, 2.05) is 4.90 Å². The van der Waals surface area contributed by atoms with Gasteiger partial charge in [-0.3, -0.25) is 9.59 Å². The quantitative estimate of drug-likeness (QED) is 0.690. The van der Waals surface area contributed by atoms with Crippen LogP contribution in [0, 0.1) is 5.92 Å². The van der Waals surface area contributed by atoms with Gasteiger partial charge in [0.1, 0.15) is 0 Å². The van der Waals surface area contributed by atoms with E-state index in [0.29, 0.717) is 32.0 Å². The summed E-state index contributed by atoms with van der Waals surface area (Å²) in [6.45, 7) is 4.33. The molecule has 1 amide bonds. The van der Waals surface area contributed by atoms with E-state index in [1.54, 1.807) is 0 Å². The van der Waals surface area contributed by atoms with Gasteiger partial charge in [0.05, 0.1) is 19.1 Å². The average Bonchev–Trinajstić information content (AvgIpc) is 2.44. The molecule has 116 valence electrons. The van der Waals surface area contributed by atoms with E-state index in [2.05, 4.69) is 6.92 Å². The molecule has 0 radical (unpaired) electrons. The summed E-state index contributed by atoms with van der Waals surface area (Å²) in [6.07, 6.45) is 3.10. The van der Waals surface area contributed by atoms with Crippen LogP contribution in [0.25, 0.3) is 0 Å². The second-order valence-electron chi connectivity index (χ2n) is 5.47. The van der Waals surface area contributed by atoms with Gasteiger partial charge in [0.25, 0.3) is 0 Å². The maximum atomic E-state index is 12.0. The van der Waals surface area contributed by atoms with Crippen molar-refractivity contribution in [3.63, 3.8) is 0 Å². The fraction of sp³-hybridized carbons (Fsp3) is 0.857. The van der Waals surface area contributed by atoms with E-state index in [4.69, 9.17) is 15.6 Å². The maximum absolute atomic E-state index is 12.0. The highest BCUT2D eigenvalue weighted by atomic mass is 16.5. The zero-order chi connectivity index (χ0) is 15.0. The Morgan fingerprint density at radius 3 is 2.55 bits per heavy atom. The number of likely N-dealkylation sites (tertiary alicyclic amines) is 1. The van der Waals surface area contributed by atoms with Crippen molar-refractivity contribution >= 4 is 11.9 Å². The van der Waals surface area contributed by atoms with Gasteiger partial charge in [0.2, 0.25) is 5.91 Å². The molecule has 1 unspecified atom stereocenters. The number of rotatable bonds is 8. The summed E-state index contributed by atoms with van der Waals surface area (Å²) in [4.78, 5) is 24.3. The summed E-state index contributed by atoms with van der Waals surface area (Å²) in [6, 6.07) is 0. The zero-order valence-electron chi connectivity index (χ0n) is 12.2. The van der Waals surface area contributed by atoms with Crippen molar-refractivity contribution in [1.82, 2.24) is 4.90 Å². The van der Waals surface area contributed by atoms with Gasteiger partial charge < -0.3 is 20.5 Å². The van der Waals surface area contributed by atoms with Crippen molar-refractivity contribution in [2.24, 2.45) is 11.7 Å². The normalized spacial score (nSPS) is 18.0. The molecular weight excluding hydrogens is 260 g/mol. The molecule has 0 saturated carbocycles. The molecule has 1 atom stereocenters. The SMILES string of the molecule is CC(CN)CCC(=O)N1CCC(OCCC(=O)O)CC1. The molecule has 0 bridgehead atoms. The monoisotopic (exact) mass is 286 g/mol. The Labute approximate surface area is 120 Å². The highest BCUT2D eigenvalue weighted by molar-refractivity contribution is 5.76.